The summed E-state index contributed by atoms with van der Waals surface area (Å²) >= 11 is 8.41. The summed E-state index contributed by atoms with van der Waals surface area (Å²) in [5.74, 6) is -8.39. The molecule has 0 bridgehead atoms. The van der Waals surface area contributed by atoms with Crippen molar-refractivity contribution in [2.24, 2.45) is 33.8 Å². The maximum atomic E-state index is 14.3. The van der Waals surface area contributed by atoms with Crippen molar-refractivity contribution < 1.29 is 53.1 Å². The molecule has 0 radical (unpaired) electrons. The van der Waals surface area contributed by atoms with Gasteiger partial charge >= 0.3 is 0 Å². The molecule has 1 saturated heterocycles. The average molecular weight is 1060 g/mol. The molecule has 1 heterocycles. The lowest BCUT2D eigenvalue weighted by atomic mass is 9.99. The normalized spacial score (nSPS) is 15.5. The summed E-state index contributed by atoms with van der Waals surface area (Å²) in [5, 5.41) is 28.0. The van der Waals surface area contributed by atoms with E-state index in [1.807, 2.05) is 0 Å². The number of nitrogens with one attached hydrogen (secondary N) is 7. The predicted octanol–water partition coefficient (Wildman–Crippen LogP) is -3.10. The Labute approximate surface area is 434 Å². The smallest absolute Gasteiger partial charge is 0.246 e. The number of aliphatic imine (C=N–C) groups is 1. The van der Waals surface area contributed by atoms with Gasteiger partial charge in [0.1, 0.15) is 48.0 Å². The highest BCUT2D eigenvalue weighted by atomic mass is 32.1. The van der Waals surface area contributed by atoms with E-state index in [9.17, 15) is 53.1 Å². The molecule has 0 aliphatic carbocycles. The Morgan fingerprint density at radius 3 is 1.84 bits per heavy atom. The summed E-state index contributed by atoms with van der Waals surface area (Å²) in [6.45, 7) is 2.97. The molecule has 0 saturated carbocycles. The number of primary amides is 2. The molecule has 73 heavy (non-hydrogen) atoms. The lowest BCUT2D eigenvalue weighted by molar-refractivity contribution is -0.142. The van der Waals surface area contributed by atoms with Gasteiger partial charge in [0.05, 0.1) is 6.54 Å². The van der Waals surface area contributed by atoms with Crippen LogP contribution < -0.4 is 60.2 Å². The number of likely N-dealkylation sites (tertiary alicyclic amines) is 1. The van der Waals surface area contributed by atoms with Crippen LogP contribution in [0.25, 0.3) is 0 Å². The molecule has 26 heteroatoms. The van der Waals surface area contributed by atoms with E-state index in [0.717, 1.165) is 0 Å². The Morgan fingerprint density at radius 2 is 1.25 bits per heavy atom. The largest absolute Gasteiger partial charge is 0.508 e. The summed E-state index contributed by atoms with van der Waals surface area (Å²) in [7, 11) is 0. The molecule has 10 amide bonds. The van der Waals surface area contributed by atoms with Gasteiger partial charge in [-0.3, -0.25) is 52.9 Å². The Morgan fingerprint density at radius 1 is 0.671 bits per heavy atom. The number of phenolic OH excluding ortho intramolecular Hbond substituents is 1. The second kappa shape index (κ2) is 30.7. The molecule has 1 aliphatic heterocycles. The highest BCUT2D eigenvalue weighted by molar-refractivity contribution is 7.80. The maximum Gasteiger partial charge on any atom is 0.246 e. The van der Waals surface area contributed by atoms with Crippen molar-refractivity contribution in [1.82, 2.24) is 42.1 Å². The van der Waals surface area contributed by atoms with Crippen molar-refractivity contribution in [2.75, 3.05) is 31.1 Å². The number of aromatic hydroxyl groups is 1. The summed E-state index contributed by atoms with van der Waals surface area (Å²) in [4.78, 5) is 138. The molecule has 1 fully saturated rings. The Balaban J connectivity index is 1.83. The molecule has 0 unspecified atom stereocenters. The zero-order chi connectivity index (χ0) is 54.2. The minimum Gasteiger partial charge on any atom is -0.508 e. The number of carbonyl (C=O) groups is 10. The Hall–Kier alpha value is -7.09. The zero-order valence-electron chi connectivity index (χ0n) is 40.8. The van der Waals surface area contributed by atoms with Crippen molar-refractivity contribution >= 4 is 90.3 Å². The molecule has 2 aromatic rings. The third kappa shape index (κ3) is 20.9. The van der Waals surface area contributed by atoms with E-state index in [1.54, 1.807) is 56.3 Å². The fourth-order valence-electron chi connectivity index (χ4n) is 7.68. The van der Waals surface area contributed by atoms with E-state index in [0.29, 0.717) is 17.5 Å². The summed E-state index contributed by atoms with van der Waals surface area (Å²) in [6.07, 6.45) is 0.111. The number of nitrogens with two attached hydrogens (primary N) is 4. The number of phenols is 1. The molecule has 400 valence electrons. The van der Waals surface area contributed by atoms with Gasteiger partial charge in [0.15, 0.2) is 5.96 Å². The van der Waals surface area contributed by atoms with E-state index in [1.165, 1.54) is 17.0 Å². The van der Waals surface area contributed by atoms with E-state index in [4.69, 9.17) is 22.9 Å². The number of rotatable bonds is 30. The van der Waals surface area contributed by atoms with Gasteiger partial charge < -0.3 is 70.2 Å². The van der Waals surface area contributed by atoms with Crippen LogP contribution in [0.2, 0.25) is 0 Å². The first-order valence-electron chi connectivity index (χ1n) is 23.7. The molecular weight excluding hydrogens is 987 g/mol. The Bertz CT molecular complexity index is 2270. The van der Waals surface area contributed by atoms with Crippen LogP contribution in [0, 0.1) is 5.92 Å². The molecule has 2 aromatic carbocycles. The molecule has 16 N–H and O–H groups in total. The lowest BCUT2D eigenvalue weighted by Gasteiger charge is -2.31. The number of amides is 10. The van der Waals surface area contributed by atoms with Gasteiger partial charge in [-0.15, -0.1) is 0 Å². The van der Waals surface area contributed by atoms with E-state index in [2.05, 4.69) is 67.5 Å². The van der Waals surface area contributed by atoms with Gasteiger partial charge in [0.25, 0.3) is 0 Å². The molecular formula is C47H69N13O11S2. The monoisotopic (exact) mass is 1060 g/mol. The Kier molecular flexibility index (Phi) is 25.3. The SMILES string of the molecule is CC(C)[C@H](NC(=O)[C@H](Cc1ccccc1)NC(=O)[C@H](Cc1ccc(O)cc1)NC(=O)CCS)C(=O)N[C@@H](CCC(N)=O)C(=O)N[C@@H](CS)C(=O)N1CCC[C@H]1C(=O)N[C@H](CCCN=C(N)N)C(=O)NCC(N)=O. The lowest BCUT2D eigenvalue weighted by Crippen LogP contribution is -2.61. The second-order valence-electron chi connectivity index (χ2n) is 17.6. The van der Waals surface area contributed by atoms with Gasteiger partial charge in [-0.1, -0.05) is 56.3 Å². The van der Waals surface area contributed by atoms with Crippen LogP contribution in [0.15, 0.2) is 59.6 Å². The van der Waals surface area contributed by atoms with Crippen LogP contribution in [0.1, 0.15) is 69.9 Å². The molecule has 0 aromatic heterocycles. The average Bonchev–Trinajstić information content (AvgIpc) is 3.84. The van der Waals surface area contributed by atoms with E-state index >= 15 is 0 Å². The van der Waals surface area contributed by atoms with Gasteiger partial charge in [0, 0.05) is 44.5 Å². The summed E-state index contributed by atoms with van der Waals surface area (Å²) < 4.78 is 0. The molecule has 24 nitrogen and oxygen atoms in total. The van der Waals surface area contributed by atoms with Crippen LogP contribution >= 0.6 is 25.3 Å². The topological polar surface area (TPSA) is 395 Å². The first kappa shape index (κ1) is 60.2. The highest BCUT2D eigenvalue weighted by Crippen LogP contribution is 2.20. The highest BCUT2D eigenvalue weighted by Gasteiger charge is 2.40. The first-order chi connectivity index (χ1) is 34.6. The van der Waals surface area contributed by atoms with Crippen LogP contribution in [0.4, 0.5) is 0 Å². The van der Waals surface area contributed by atoms with Crippen molar-refractivity contribution in [3.05, 3.63) is 65.7 Å². The van der Waals surface area contributed by atoms with Crippen molar-refractivity contribution in [3.8, 4) is 5.75 Å². The number of carbonyl (C=O) groups excluding carboxylic acids is 10. The fraction of sp³-hybridized carbons (Fsp3) is 0.511. The standard InChI is InChI=1S/C47H69N13O11S2/c1-26(2)39(59-43(68)33(22-27-8-4-3-5-9-27)57-42(67)32(54-38(64)18-21-72)23-28-12-14-29(61)15-13-28)45(70)56-31(16-17-36(48)62)41(66)58-34(25-73)46(71)60-20-7-11-35(60)44(69)55-30(10-6-19-52-47(50)51)40(65)53-24-37(49)63/h3-5,8-9,12-15,26,30-35,39,61,72-73H,6-7,10-11,16-25H2,1-2H3,(H2,48,62)(H2,49,63)(H,53,65)(H,54,64)(H,55,69)(H,56,70)(H,57,67)(H,58,66)(H,59,68)(H4,50,51,52)/t30-,31+,32+,33+,34+,35+,39+/m1/s1. The minimum atomic E-state index is -1.49. The minimum absolute atomic E-state index is 0.000274. The fourth-order valence-corrected chi connectivity index (χ4v) is 8.13. The maximum absolute atomic E-state index is 14.3. The quantitative estimate of drug-likeness (QED) is 0.0160. The van der Waals surface area contributed by atoms with Gasteiger partial charge in [-0.25, -0.2) is 0 Å². The number of nitrogens with zero attached hydrogens (tertiary/aromatic N) is 2. The van der Waals surface area contributed by atoms with Crippen molar-refractivity contribution in [1.29, 1.82) is 0 Å². The third-order valence-corrected chi connectivity index (χ3v) is 12.1. The third-order valence-electron chi connectivity index (χ3n) is 11.5. The number of thiol groups is 2. The summed E-state index contributed by atoms with van der Waals surface area (Å²) in [5.41, 5.74) is 22.6. The molecule has 1 aliphatic rings. The second-order valence-corrected chi connectivity index (χ2v) is 18.5. The van der Waals surface area contributed by atoms with Crippen molar-refractivity contribution in [2.45, 2.75) is 114 Å². The van der Waals surface area contributed by atoms with E-state index in [-0.39, 0.29) is 87.7 Å². The zero-order valence-corrected chi connectivity index (χ0v) is 42.6. The molecule has 0 spiro atoms. The number of benzene rings is 2. The van der Waals surface area contributed by atoms with Crippen LogP contribution in [0.5, 0.6) is 5.75 Å². The van der Waals surface area contributed by atoms with Gasteiger partial charge in [-0.2, -0.15) is 25.3 Å². The van der Waals surface area contributed by atoms with Gasteiger partial charge in [0.2, 0.25) is 59.1 Å². The number of guanidine groups is 1. The van der Waals surface area contributed by atoms with Crippen LogP contribution in [-0.4, -0.2) is 148 Å². The predicted molar refractivity (Wildman–Crippen MR) is 276 cm³/mol. The summed E-state index contributed by atoms with van der Waals surface area (Å²) in [6, 6.07) is 5.80. The first-order valence-corrected chi connectivity index (χ1v) is 24.9. The van der Waals surface area contributed by atoms with Gasteiger partial charge in [-0.05, 0) is 67.0 Å². The van der Waals surface area contributed by atoms with Crippen LogP contribution in [-0.2, 0) is 60.8 Å². The number of hydrogen-bond donors (Lipinski definition) is 14. The van der Waals surface area contributed by atoms with E-state index < -0.39 is 114 Å². The molecule has 3 rings (SSSR count). The molecule has 7 atom stereocenters. The van der Waals surface area contributed by atoms with Crippen LogP contribution in [0.3, 0.4) is 0 Å². The number of hydrogen-bond acceptors (Lipinski definition) is 14. The van der Waals surface area contributed by atoms with Crippen molar-refractivity contribution in [3.63, 3.8) is 0 Å².